The first kappa shape index (κ1) is 11.2. The van der Waals surface area contributed by atoms with Crippen LogP contribution in [0.15, 0.2) is 24.3 Å². The van der Waals surface area contributed by atoms with Crippen LogP contribution in [0.1, 0.15) is 34.9 Å². The summed E-state index contributed by atoms with van der Waals surface area (Å²) in [6.45, 7) is 0. The van der Waals surface area contributed by atoms with Gasteiger partial charge in [-0.25, -0.2) is 9.48 Å². The Balaban J connectivity index is 2.11. The highest BCUT2D eigenvalue weighted by atomic mass is 35.5. The number of benzene rings is 1. The molecule has 0 spiro atoms. The lowest BCUT2D eigenvalue weighted by Gasteiger charge is -2.05. The molecule has 2 aromatic rings. The van der Waals surface area contributed by atoms with Crippen molar-refractivity contribution in [2.75, 3.05) is 0 Å². The van der Waals surface area contributed by atoms with Crippen LogP contribution in [-0.2, 0) is 0 Å². The number of carboxylic acids is 1. The molecule has 18 heavy (non-hydrogen) atoms. The summed E-state index contributed by atoms with van der Waals surface area (Å²) in [4.78, 5) is 11.1. The molecular weight excluding hydrogens is 254 g/mol. The van der Waals surface area contributed by atoms with Crippen molar-refractivity contribution < 1.29 is 9.90 Å². The number of hydrogen-bond acceptors (Lipinski definition) is 3. The Morgan fingerprint density at radius 1 is 1.33 bits per heavy atom. The summed E-state index contributed by atoms with van der Waals surface area (Å²) < 4.78 is 1.59. The van der Waals surface area contributed by atoms with Crippen LogP contribution in [0.25, 0.3) is 5.69 Å². The van der Waals surface area contributed by atoms with Crippen molar-refractivity contribution in [2.24, 2.45) is 0 Å². The second kappa shape index (κ2) is 4.10. The number of nitrogens with zero attached hydrogens (tertiary/aromatic N) is 3. The normalized spacial score (nSPS) is 14.7. The van der Waals surface area contributed by atoms with E-state index in [0.717, 1.165) is 18.5 Å². The van der Waals surface area contributed by atoms with E-state index < -0.39 is 5.97 Å². The highest BCUT2D eigenvalue weighted by Crippen LogP contribution is 2.41. The molecule has 1 heterocycles. The van der Waals surface area contributed by atoms with E-state index in [9.17, 15) is 4.79 Å². The third-order valence-electron chi connectivity index (χ3n) is 2.94. The standard InChI is InChI=1S/C12H10ClN3O2/c13-8-3-5-9(6-4-8)16-11(7-1-2-7)10(12(17)18)14-15-16/h3-7H,1-2H2,(H,17,18). The van der Waals surface area contributed by atoms with Crippen LogP contribution in [0.3, 0.4) is 0 Å². The van der Waals surface area contributed by atoms with Crippen molar-refractivity contribution in [1.82, 2.24) is 15.0 Å². The summed E-state index contributed by atoms with van der Waals surface area (Å²) in [5, 5.41) is 17.4. The Morgan fingerprint density at radius 2 is 2.00 bits per heavy atom. The molecule has 6 heteroatoms. The molecule has 0 saturated heterocycles. The smallest absolute Gasteiger partial charge is 0.358 e. The molecule has 0 aliphatic heterocycles. The van der Waals surface area contributed by atoms with Crippen molar-refractivity contribution in [2.45, 2.75) is 18.8 Å². The molecule has 1 aromatic heterocycles. The van der Waals surface area contributed by atoms with Gasteiger partial charge in [0.1, 0.15) is 0 Å². The molecular formula is C12H10ClN3O2. The van der Waals surface area contributed by atoms with Crippen LogP contribution >= 0.6 is 11.6 Å². The number of aromatic nitrogens is 3. The average molecular weight is 264 g/mol. The average Bonchev–Trinajstić information content (AvgIpc) is 3.09. The molecule has 1 aliphatic carbocycles. The van der Waals surface area contributed by atoms with E-state index in [1.54, 1.807) is 28.9 Å². The summed E-state index contributed by atoms with van der Waals surface area (Å²) >= 11 is 5.83. The highest BCUT2D eigenvalue weighted by molar-refractivity contribution is 6.30. The molecule has 0 radical (unpaired) electrons. The van der Waals surface area contributed by atoms with E-state index in [1.165, 1.54) is 0 Å². The van der Waals surface area contributed by atoms with Gasteiger partial charge in [-0.2, -0.15) is 0 Å². The fourth-order valence-electron chi connectivity index (χ4n) is 1.94. The molecule has 1 saturated carbocycles. The summed E-state index contributed by atoms with van der Waals surface area (Å²) in [6, 6.07) is 7.09. The van der Waals surface area contributed by atoms with E-state index in [4.69, 9.17) is 16.7 Å². The van der Waals surface area contributed by atoms with Gasteiger partial charge in [-0.15, -0.1) is 5.10 Å². The maximum Gasteiger partial charge on any atom is 0.358 e. The van der Waals surface area contributed by atoms with Crippen molar-refractivity contribution >= 4 is 17.6 Å². The van der Waals surface area contributed by atoms with Crippen molar-refractivity contribution in [3.8, 4) is 5.69 Å². The minimum absolute atomic E-state index is 0.0486. The molecule has 1 fully saturated rings. The zero-order valence-electron chi connectivity index (χ0n) is 9.38. The number of hydrogen-bond donors (Lipinski definition) is 1. The lowest BCUT2D eigenvalue weighted by Crippen LogP contribution is -2.05. The zero-order valence-corrected chi connectivity index (χ0v) is 10.1. The van der Waals surface area contributed by atoms with Crippen LogP contribution in [0.5, 0.6) is 0 Å². The number of aromatic carboxylic acids is 1. The highest BCUT2D eigenvalue weighted by Gasteiger charge is 2.34. The Morgan fingerprint density at radius 3 is 2.56 bits per heavy atom. The minimum Gasteiger partial charge on any atom is -0.476 e. The third kappa shape index (κ3) is 1.86. The predicted molar refractivity (Wildman–Crippen MR) is 65.3 cm³/mol. The lowest BCUT2D eigenvalue weighted by atomic mass is 10.2. The van der Waals surface area contributed by atoms with Gasteiger partial charge in [-0.1, -0.05) is 16.8 Å². The summed E-state index contributed by atoms with van der Waals surface area (Å²) in [6.07, 6.45) is 1.97. The molecule has 0 atom stereocenters. The molecule has 3 rings (SSSR count). The summed E-state index contributed by atoms with van der Waals surface area (Å²) in [5.41, 5.74) is 1.51. The number of halogens is 1. The van der Waals surface area contributed by atoms with E-state index >= 15 is 0 Å². The minimum atomic E-state index is -1.03. The first-order valence-corrected chi connectivity index (χ1v) is 5.99. The predicted octanol–water partition coefficient (Wildman–Crippen LogP) is 2.50. The van der Waals surface area contributed by atoms with Crippen LogP contribution < -0.4 is 0 Å². The van der Waals surface area contributed by atoms with Gasteiger partial charge in [0.15, 0.2) is 5.69 Å². The second-order valence-electron chi connectivity index (χ2n) is 4.29. The molecule has 92 valence electrons. The van der Waals surface area contributed by atoms with Gasteiger partial charge in [0, 0.05) is 10.9 Å². The Hall–Kier alpha value is -1.88. The third-order valence-corrected chi connectivity index (χ3v) is 3.19. The molecule has 1 aromatic carbocycles. The topological polar surface area (TPSA) is 68.0 Å². The van der Waals surface area contributed by atoms with Crippen molar-refractivity contribution in [3.63, 3.8) is 0 Å². The van der Waals surface area contributed by atoms with Gasteiger partial charge in [0.2, 0.25) is 0 Å². The van der Waals surface area contributed by atoms with Crippen LogP contribution in [-0.4, -0.2) is 26.1 Å². The van der Waals surface area contributed by atoms with Crippen molar-refractivity contribution in [1.29, 1.82) is 0 Å². The van der Waals surface area contributed by atoms with Gasteiger partial charge >= 0.3 is 5.97 Å². The van der Waals surface area contributed by atoms with E-state index in [-0.39, 0.29) is 11.6 Å². The Kier molecular flexibility index (Phi) is 2.56. The fourth-order valence-corrected chi connectivity index (χ4v) is 2.06. The first-order chi connectivity index (χ1) is 8.66. The fraction of sp³-hybridized carbons (Fsp3) is 0.250. The zero-order chi connectivity index (χ0) is 12.7. The van der Waals surface area contributed by atoms with Crippen LogP contribution in [0, 0.1) is 0 Å². The molecule has 0 unspecified atom stereocenters. The number of carbonyl (C=O) groups is 1. The number of rotatable bonds is 3. The maximum absolute atomic E-state index is 11.1. The summed E-state index contributed by atoms with van der Waals surface area (Å²) in [7, 11) is 0. The van der Waals surface area contributed by atoms with Crippen LogP contribution in [0.2, 0.25) is 5.02 Å². The van der Waals surface area contributed by atoms with Gasteiger partial charge in [0.25, 0.3) is 0 Å². The van der Waals surface area contributed by atoms with Gasteiger partial charge in [-0.05, 0) is 37.1 Å². The monoisotopic (exact) mass is 263 g/mol. The van der Waals surface area contributed by atoms with Crippen LogP contribution in [0.4, 0.5) is 0 Å². The second-order valence-corrected chi connectivity index (χ2v) is 4.73. The maximum atomic E-state index is 11.1. The quantitative estimate of drug-likeness (QED) is 0.924. The molecule has 0 bridgehead atoms. The largest absolute Gasteiger partial charge is 0.476 e. The van der Waals surface area contributed by atoms with Gasteiger partial charge < -0.3 is 5.11 Å². The molecule has 0 amide bonds. The van der Waals surface area contributed by atoms with E-state index in [0.29, 0.717) is 10.7 Å². The SMILES string of the molecule is O=C(O)c1nnn(-c2ccc(Cl)cc2)c1C1CC1. The Bertz CT molecular complexity index is 602. The lowest BCUT2D eigenvalue weighted by molar-refractivity contribution is 0.0689. The van der Waals surface area contributed by atoms with E-state index in [2.05, 4.69) is 10.3 Å². The first-order valence-electron chi connectivity index (χ1n) is 5.61. The van der Waals surface area contributed by atoms with Gasteiger partial charge in [0.05, 0.1) is 11.4 Å². The number of carboxylic acid groups (broad SMARTS) is 1. The summed E-state index contributed by atoms with van der Waals surface area (Å²) in [5.74, 6) is -0.779. The van der Waals surface area contributed by atoms with E-state index in [1.807, 2.05) is 0 Å². The molecule has 1 aliphatic rings. The van der Waals surface area contributed by atoms with Gasteiger partial charge in [-0.3, -0.25) is 0 Å². The van der Waals surface area contributed by atoms with Crippen molar-refractivity contribution in [3.05, 3.63) is 40.7 Å². The molecule has 1 N–H and O–H groups in total. The molecule has 5 nitrogen and oxygen atoms in total. The Labute approximate surface area is 108 Å².